The first-order valence-electron chi connectivity index (χ1n) is 5.55. The van der Waals surface area contributed by atoms with Gasteiger partial charge in [-0.2, -0.15) is 0 Å². The predicted molar refractivity (Wildman–Crippen MR) is 89.6 cm³/mol. The first-order valence-corrected chi connectivity index (χ1v) is 7.93. The largest absolute Gasteiger partial charge is 0.496 e. The minimum absolute atomic E-state index is 0.453. The van der Waals surface area contributed by atoms with Crippen LogP contribution in [0.2, 0.25) is 0 Å². The topological polar surface area (TPSA) is 57.4 Å². The molecule has 20 heavy (non-hydrogen) atoms. The Morgan fingerprint density at radius 1 is 1.10 bits per heavy atom. The molecule has 1 heterocycles. The first-order chi connectivity index (χ1) is 9.43. The second-order valence-electron chi connectivity index (χ2n) is 3.98. The van der Waals surface area contributed by atoms with Crippen LogP contribution in [0.1, 0.15) is 5.56 Å². The summed E-state index contributed by atoms with van der Waals surface area (Å²) in [5.74, 6) is 1.79. The zero-order valence-electron chi connectivity index (χ0n) is 10.7. The van der Waals surface area contributed by atoms with Crippen molar-refractivity contribution in [3.05, 3.63) is 37.3 Å². The van der Waals surface area contributed by atoms with Gasteiger partial charge in [0.2, 0.25) is 5.88 Å². The molecule has 0 radical (unpaired) electrons. The molecular formula is C13H11Br3N2O2. The number of hydrogen-bond donors (Lipinski definition) is 1. The van der Waals surface area contributed by atoms with E-state index in [-0.39, 0.29) is 0 Å². The molecule has 0 bridgehead atoms. The van der Waals surface area contributed by atoms with E-state index in [1.807, 2.05) is 19.1 Å². The summed E-state index contributed by atoms with van der Waals surface area (Å²) in [5.41, 5.74) is 7.29. The van der Waals surface area contributed by atoms with E-state index in [2.05, 4.69) is 52.8 Å². The Morgan fingerprint density at radius 3 is 2.35 bits per heavy atom. The van der Waals surface area contributed by atoms with Crippen molar-refractivity contribution in [2.75, 3.05) is 12.8 Å². The minimum Gasteiger partial charge on any atom is -0.496 e. The molecule has 0 saturated heterocycles. The van der Waals surface area contributed by atoms with E-state index in [9.17, 15) is 0 Å². The molecule has 0 aliphatic heterocycles. The van der Waals surface area contributed by atoms with Crippen molar-refractivity contribution in [2.45, 2.75) is 6.92 Å². The van der Waals surface area contributed by atoms with Gasteiger partial charge in [0, 0.05) is 0 Å². The summed E-state index contributed by atoms with van der Waals surface area (Å²) in [5, 5.41) is 0. The van der Waals surface area contributed by atoms with Crippen LogP contribution in [0.15, 0.2) is 31.7 Å². The lowest BCUT2D eigenvalue weighted by Crippen LogP contribution is -1.97. The summed E-state index contributed by atoms with van der Waals surface area (Å²) >= 11 is 10.3. The van der Waals surface area contributed by atoms with Crippen molar-refractivity contribution >= 4 is 53.5 Å². The maximum Gasteiger partial charge on any atom is 0.234 e. The van der Waals surface area contributed by atoms with Gasteiger partial charge < -0.3 is 15.2 Å². The highest BCUT2D eigenvalue weighted by atomic mass is 79.9. The number of nitrogens with zero attached hydrogens (tertiary/aromatic N) is 1. The van der Waals surface area contributed by atoms with E-state index in [0.29, 0.717) is 23.1 Å². The third-order valence-corrected chi connectivity index (χ3v) is 4.86. The highest BCUT2D eigenvalue weighted by Gasteiger charge is 2.13. The normalized spacial score (nSPS) is 10.4. The molecule has 1 aromatic carbocycles. The van der Waals surface area contributed by atoms with Gasteiger partial charge in [0.05, 0.1) is 32.4 Å². The van der Waals surface area contributed by atoms with Crippen LogP contribution in [0.3, 0.4) is 0 Å². The predicted octanol–water partition coefficient (Wildman–Crippen LogP) is 5.06. The van der Waals surface area contributed by atoms with Gasteiger partial charge in [0.1, 0.15) is 11.5 Å². The standard InChI is InChI=1S/C13H11Br3N2O2/c1-6-9(17)5-18-13(12(6)16)20-11-4-7(14)10(19-2)3-8(11)15/h3-5H,17H2,1-2H3. The van der Waals surface area contributed by atoms with Gasteiger partial charge in [0.25, 0.3) is 0 Å². The number of methoxy groups -OCH3 is 1. The summed E-state index contributed by atoms with van der Waals surface area (Å²) in [7, 11) is 1.61. The molecule has 0 saturated carbocycles. The van der Waals surface area contributed by atoms with Gasteiger partial charge in [0.15, 0.2) is 0 Å². The molecule has 0 spiro atoms. The van der Waals surface area contributed by atoms with Crippen LogP contribution in [-0.4, -0.2) is 12.1 Å². The number of halogens is 3. The number of aromatic nitrogens is 1. The number of ether oxygens (including phenoxy) is 2. The lowest BCUT2D eigenvalue weighted by molar-refractivity contribution is 0.408. The lowest BCUT2D eigenvalue weighted by Gasteiger charge is -2.12. The summed E-state index contributed by atoms with van der Waals surface area (Å²) in [6.45, 7) is 1.90. The second kappa shape index (κ2) is 6.32. The highest BCUT2D eigenvalue weighted by Crippen LogP contribution is 2.40. The molecule has 1 aromatic heterocycles. The van der Waals surface area contributed by atoms with Crippen LogP contribution in [0, 0.1) is 6.92 Å². The van der Waals surface area contributed by atoms with E-state index in [1.54, 1.807) is 13.3 Å². The van der Waals surface area contributed by atoms with E-state index < -0.39 is 0 Å². The Labute approximate surface area is 142 Å². The summed E-state index contributed by atoms with van der Waals surface area (Å²) < 4.78 is 13.3. The highest BCUT2D eigenvalue weighted by molar-refractivity contribution is 9.11. The summed E-state index contributed by atoms with van der Waals surface area (Å²) in [6.07, 6.45) is 1.57. The Hall–Kier alpha value is -0.790. The third kappa shape index (κ3) is 3.10. The smallest absolute Gasteiger partial charge is 0.234 e. The Bertz CT molecular complexity index is 663. The van der Waals surface area contributed by atoms with Crippen LogP contribution in [0.25, 0.3) is 0 Å². The van der Waals surface area contributed by atoms with Crippen LogP contribution >= 0.6 is 47.8 Å². The number of nitrogens with two attached hydrogens (primary N) is 1. The van der Waals surface area contributed by atoms with Gasteiger partial charge in [-0.15, -0.1) is 0 Å². The van der Waals surface area contributed by atoms with E-state index in [1.165, 1.54) is 0 Å². The number of nitrogen functional groups attached to an aromatic ring is 1. The fraction of sp³-hybridized carbons (Fsp3) is 0.154. The molecule has 4 nitrogen and oxygen atoms in total. The SMILES string of the molecule is COc1cc(Br)c(Oc2ncc(N)c(C)c2Br)cc1Br. The third-order valence-electron chi connectivity index (χ3n) is 2.68. The lowest BCUT2D eigenvalue weighted by atomic mass is 10.2. The zero-order chi connectivity index (χ0) is 14.9. The number of benzene rings is 1. The molecule has 106 valence electrons. The fourth-order valence-electron chi connectivity index (χ4n) is 1.49. The molecule has 0 amide bonds. The van der Waals surface area contributed by atoms with Gasteiger partial charge in [-0.05, 0) is 72.4 Å². The zero-order valence-corrected chi connectivity index (χ0v) is 15.5. The van der Waals surface area contributed by atoms with Gasteiger partial charge in [-0.25, -0.2) is 4.98 Å². The summed E-state index contributed by atoms with van der Waals surface area (Å²) in [4.78, 5) is 4.19. The Morgan fingerprint density at radius 2 is 1.70 bits per heavy atom. The van der Waals surface area contributed by atoms with E-state index >= 15 is 0 Å². The number of rotatable bonds is 3. The maximum atomic E-state index is 5.81. The molecule has 2 aromatic rings. The Balaban J connectivity index is 2.40. The van der Waals surface area contributed by atoms with Crippen molar-refractivity contribution in [3.63, 3.8) is 0 Å². The van der Waals surface area contributed by atoms with Crippen molar-refractivity contribution in [1.29, 1.82) is 0 Å². The van der Waals surface area contributed by atoms with Gasteiger partial charge in [-0.3, -0.25) is 0 Å². The number of anilines is 1. The first kappa shape index (κ1) is 15.6. The van der Waals surface area contributed by atoms with Crippen LogP contribution in [0.5, 0.6) is 17.4 Å². The van der Waals surface area contributed by atoms with E-state index in [0.717, 1.165) is 19.0 Å². The molecule has 0 atom stereocenters. The molecule has 2 N–H and O–H groups in total. The average molecular weight is 467 g/mol. The average Bonchev–Trinajstić information content (AvgIpc) is 2.43. The molecule has 2 rings (SSSR count). The quantitative estimate of drug-likeness (QED) is 0.686. The van der Waals surface area contributed by atoms with Crippen molar-refractivity contribution < 1.29 is 9.47 Å². The van der Waals surface area contributed by atoms with Crippen molar-refractivity contribution in [2.24, 2.45) is 0 Å². The number of hydrogen-bond acceptors (Lipinski definition) is 4. The Kier molecular flexibility index (Phi) is 4.93. The van der Waals surface area contributed by atoms with Crippen molar-refractivity contribution in [1.82, 2.24) is 4.98 Å². The maximum absolute atomic E-state index is 5.81. The number of pyridine rings is 1. The second-order valence-corrected chi connectivity index (χ2v) is 6.48. The van der Waals surface area contributed by atoms with Crippen LogP contribution in [-0.2, 0) is 0 Å². The van der Waals surface area contributed by atoms with Gasteiger partial charge >= 0.3 is 0 Å². The van der Waals surface area contributed by atoms with Crippen LogP contribution in [0.4, 0.5) is 5.69 Å². The van der Waals surface area contributed by atoms with Crippen molar-refractivity contribution in [3.8, 4) is 17.4 Å². The molecular weight excluding hydrogens is 456 g/mol. The fourth-order valence-corrected chi connectivity index (χ4v) is 2.79. The molecule has 0 aliphatic carbocycles. The van der Waals surface area contributed by atoms with Crippen LogP contribution < -0.4 is 15.2 Å². The van der Waals surface area contributed by atoms with E-state index in [4.69, 9.17) is 15.2 Å². The monoisotopic (exact) mass is 464 g/mol. The van der Waals surface area contributed by atoms with Gasteiger partial charge in [-0.1, -0.05) is 0 Å². The molecule has 0 fully saturated rings. The molecule has 0 unspecified atom stereocenters. The minimum atomic E-state index is 0.453. The molecule has 7 heteroatoms. The summed E-state index contributed by atoms with van der Waals surface area (Å²) in [6, 6.07) is 3.63. The molecule has 0 aliphatic rings.